The van der Waals surface area contributed by atoms with Crippen molar-refractivity contribution >= 4 is 5.69 Å². The monoisotopic (exact) mass is 287 g/mol. The van der Waals surface area contributed by atoms with E-state index in [2.05, 4.69) is 0 Å². The number of rotatable bonds is 4. The van der Waals surface area contributed by atoms with Gasteiger partial charge in [-0.25, -0.2) is 0 Å². The Morgan fingerprint density at radius 1 is 1.14 bits per heavy atom. The van der Waals surface area contributed by atoms with Crippen LogP contribution in [0.4, 0.5) is 5.69 Å². The van der Waals surface area contributed by atoms with Gasteiger partial charge in [0.05, 0.1) is 11.0 Å². The Labute approximate surface area is 123 Å². The van der Waals surface area contributed by atoms with Gasteiger partial charge in [0.15, 0.2) is 0 Å². The molecule has 2 aromatic rings. The molecule has 0 saturated heterocycles. The molecule has 110 valence electrons. The molecule has 0 aliphatic heterocycles. The third-order valence-electron chi connectivity index (χ3n) is 3.21. The molecule has 1 atom stereocenters. The highest BCUT2D eigenvalue weighted by Crippen LogP contribution is 2.34. The van der Waals surface area contributed by atoms with Crippen LogP contribution in [0.2, 0.25) is 0 Å². The van der Waals surface area contributed by atoms with E-state index in [9.17, 15) is 15.2 Å². The van der Waals surface area contributed by atoms with Crippen LogP contribution in [-0.4, -0.2) is 10.0 Å². The third kappa shape index (κ3) is 3.38. The second-order valence-electron chi connectivity index (χ2n) is 5.03. The number of ether oxygens (including phenoxy) is 1. The van der Waals surface area contributed by atoms with E-state index in [1.807, 2.05) is 26.0 Å². The smallest absolute Gasteiger partial charge is 0.311 e. The number of aliphatic hydroxyl groups is 1. The summed E-state index contributed by atoms with van der Waals surface area (Å²) in [4.78, 5) is 10.7. The summed E-state index contributed by atoms with van der Waals surface area (Å²) in [5.74, 6) is 0.741. The Kier molecular flexibility index (Phi) is 4.23. The zero-order valence-electron chi connectivity index (χ0n) is 12.2. The largest absolute Gasteiger partial charge is 0.450 e. The maximum Gasteiger partial charge on any atom is 0.311 e. The normalized spacial score (nSPS) is 12.0. The molecule has 21 heavy (non-hydrogen) atoms. The van der Waals surface area contributed by atoms with Crippen molar-refractivity contribution in [3.05, 3.63) is 63.2 Å². The number of aryl methyl sites for hydroxylation is 2. The van der Waals surface area contributed by atoms with E-state index < -0.39 is 11.0 Å². The van der Waals surface area contributed by atoms with Crippen LogP contribution in [0, 0.1) is 24.0 Å². The molecule has 0 bridgehead atoms. The number of hydrogen-bond acceptors (Lipinski definition) is 4. The molecule has 2 aromatic carbocycles. The molecule has 0 unspecified atom stereocenters. The van der Waals surface area contributed by atoms with Gasteiger partial charge >= 0.3 is 5.69 Å². The van der Waals surface area contributed by atoms with Crippen molar-refractivity contribution in [1.82, 2.24) is 0 Å². The van der Waals surface area contributed by atoms with Gasteiger partial charge in [-0.05, 0) is 44.0 Å². The lowest BCUT2D eigenvalue weighted by atomic mass is 10.1. The summed E-state index contributed by atoms with van der Waals surface area (Å²) >= 11 is 0. The molecule has 0 aliphatic carbocycles. The first-order valence-corrected chi connectivity index (χ1v) is 6.60. The van der Waals surface area contributed by atoms with Crippen LogP contribution < -0.4 is 4.74 Å². The molecule has 0 spiro atoms. The van der Waals surface area contributed by atoms with E-state index in [-0.39, 0.29) is 11.4 Å². The van der Waals surface area contributed by atoms with Crippen molar-refractivity contribution in [3.63, 3.8) is 0 Å². The average Bonchev–Trinajstić information content (AvgIpc) is 2.41. The number of nitro benzene ring substituents is 1. The molecule has 1 N–H and O–H groups in total. The maximum atomic E-state index is 11.2. The van der Waals surface area contributed by atoms with Crippen molar-refractivity contribution in [1.29, 1.82) is 0 Å². The van der Waals surface area contributed by atoms with Gasteiger partial charge in [-0.15, -0.1) is 0 Å². The molecule has 2 rings (SSSR count). The molecule has 5 heteroatoms. The van der Waals surface area contributed by atoms with E-state index >= 15 is 0 Å². The van der Waals surface area contributed by atoms with Crippen LogP contribution in [0.25, 0.3) is 0 Å². The lowest BCUT2D eigenvalue weighted by Gasteiger charge is -2.11. The fourth-order valence-electron chi connectivity index (χ4n) is 2.06. The SMILES string of the molecule is Cc1ccc(Oc2ccc([C@@H](C)O)cc2[N+](=O)[O-])c(C)c1. The molecular weight excluding hydrogens is 270 g/mol. The van der Waals surface area contributed by atoms with Gasteiger partial charge in [0.1, 0.15) is 5.75 Å². The molecule has 0 saturated carbocycles. The Bertz CT molecular complexity index is 680. The van der Waals surface area contributed by atoms with E-state index in [0.717, 1.165) is 11.1 Å². The van der Waals surface area contributed by atoms with Gasteiger partial charge in [-0.1, -0.05) is 23.8 Å². The highest BCUT2D eigenvalue weighted by atomic mass is 16.6. The number of benzene rings is 2. The minimum atomic E-state index is -0.765. The number of hydrogen-bond donors (Lipinski definition) is 1. The zero-order chi connectivity index (χ0) is 15.6. The second-order valence-corrected chi connectivity index (χ2v) is 5.03. The van der Waals surface area contributed by atoms with E-state index in [1.165, 1.54) is 12.1 Å². The summed E-state index contributed by atoms with van der Waals surface area (Å²) in [6.45, 7) is 5.42. The molecule has 0 radical (unpaired) electrons. The van der Waals surface area contributed by atoms with E-state index in [4.69, 9.17) is 4.74 Å². The molecular formula is C16H17NO4. The van der Waals surface area contributed by atoms with Gasteiger partial charge in [0.2, 0.25) is 5.75 Å². The van der Waals surface area contributed by atoms with Crippen molar-refractivity contribution in [3.8, 4) is 11.5 Å². The quantitative estimate of drug-likeness (QED) is 0.680. The Morgan fingerprint density at radius 2 is 1.81 bits per heavy atom. The van der Waals surface area contributed by atoms with Crippen LogP contribution in [0.3, 0.4) is 0 Å². The topological polar surface area (TPSA) is 72.6 Å². The van der Waals surface area contributed by atoms with E-state index in [1.54, 1.807) is 19.1 Å². The second kappa shape index (κ2) is 5.93. The summed E-state index contributed by atoms with van der Waals surface area (Å²) in [7, 11) is 0. The molecule has 0 aliphatic rings. The van der Waals surface area contributed by atoms with Gasteiger partial charge in [0, 0.05) is 6.07 Å². The van der Waals surface area contributed by atoms with Crippen LogP contribution in [-0.2, 0) is 0 Å². The summed E-state index contributed by atoms with van der Waals surface area (Å²) in [5.41, 5.74) is 2.32. The maximum absolute atomic E-state index is 11.2. The lowest BCUT2D eigenvalue weighted by Crippen LogP contribution is -1.98. The Balaban J connectivity index is 2.41. The number of nitro groups is 1. The molecule has 0 fully saturated rings. The van der Waals surface area contributed by atoms with Crippen molar-refractivity contribution in [2.75, 3.05) is 0 Å². The Morgan fingerprint density at radius 3 is 2.38 bits per heavy atom. The summed E-state index contributed by atoms with van der Waals surface area (Å²) < 4.78 is 5.67. The third-order valence-corrected chi connectivity index (χ3v) is 3.21. The first-order chi connectivity index (χ1) is 9.88. The predicted octanol–water partition coefficient (Wildman–Crippen LogP) is 4.06. The zero-order valence-corrected chi connectivity index (χ0v) is 12.2. The fourth-order valence-corrected chi connectivity index (χ4v) is 2.06. The Hall–Kier alpha value is -2.40. The molecule has 0 amide bonds. The summed E-state index contributed by atoms with van der Waals surface area (Å²) in [6.07, 6.45) is -0.765. The number of aliphatic hydroxyl groups excluding tert-OH is 1. The van der Waals surface area contributed by atoms with Crippen LogP contribution in [0.1, 0.15) is 29.7 Å². The highest BCUT2D eigenvalue weighted by Gasteiger charge is 2.18. The highest BCUT2D eigenvalue weighted by molar-refractivity contribution is 5.52. The first-order valence-electron chi connectivity index (χ1n) is 6.60. The van der Waals surface area contributed by atoms with Crippen LogP contribution in [0.5, 0.6) is 11.5 Å². The van der Waals surface area contributed by atoms with Gasteiger partial charge in [-0.2, -0.15) is 0 Å². The average molecular weight is 287 g/mol. The van der Waals surface area contributed by atoms with E-state index in [0.29, 0.717) is 11.3 Å². The minimum Gasteiger partial charge on any atom is -0.450 e. The lowest BCUT2D eigenvalue weighted by molar-refractivity contribution is -0.385. The van der Waals surface area contributed by atoms with Crippen molar-refractivity contribution in [2.45, 2.75) is 26.9 Å². The van der Waals surface area contributed by atoms with Crippen LogP contribution >= 0.6 is 0 Å². The van der Waals surface area contributed by atoms with Gasteiger partial charge < -0.3 is 9.84 Å². The summed E-state index contributed by atoms with van der Waals surface area (Å²) in [5, 5.41) is 20.7. The molecule has 0 aromatic heterocycles. The molecule has 5 nitrogen and oxygen atoms in total. The molecule has 0 heterocycles. The predicted molar refractivity (Wildman–Crippen MR) is 79.7 cm³/mol. The van der Waals surface area contributed by atoms with Crippen molar-refractivity contribution < 1.29 is 14.8 Å². The van der Waals surface area contributed by atoms with Crippen molar-refractivity contribution in [2.24, 2.45) is 0 Å². The van der Waals surface area contributed by atoms with Crippen LogP contribution in [0.15, 0.2) is 36.4 Å². The van der Waals surface area contributed by atoms with Gasteiger partial charge in [0.25, 0.3) is 0 Å². The number of nitrogens with zero attached hydrogens (tertiary/aromatic N) is 1. The minimum absolute atomic E-state index is 0.159. The first kappa shape index (κ1) is 15.0. The van der Waals surface area contributed by atoms with Gasteiger partial charge in [-0.3, -0.25) is 10.1 Å². The summed E-state index contributed by atoms with van der Waals surface area (Å²) in [6, 6.07) is 10.1. The standard InChI is InChI=1S/C16H17NO4/c1-10-4-6-15(11(2)8-10)21-16-7-5-13(12(3)18)9-14(16)17(19)20/h4-9,12,18H,1-3H3/t12-/m1/s1. The fraction of sp³-hybridized carbons (Fsp3) is 0.250.